The molecule has 0 spiro atoms. The maximum atomic E-state index is 10.7. The van der Waals surface area contributed by atoms with Crippen molar-refractivity contribution in [3.63, 3.8) is 0 Å². The molecule has 3 nitrogen and oxygen atoms in total. The van der Waals surface area contributed by atoms with E-state index < -0.39 is 0 Å². The average molecular weight is 172 g/mol. The molecule has 62 valence electrons. The van der Waals surface area contributed by atoms with Crippen molar-refractivity contribution in [3.05, 3.63) is 20.7 Å². The van der Waals surface area contributed by atoms with E-state index in [0.29, 0.717) is 0 Å². The first kappa shape index (κ1) is 8.49. The second-order valence-corrected chi connectivity index (χ2v) is 3.23. The SMILES string of the molecule is CCNC(C)c1csc(=O)[nH]1. The molecule has 1 aromatic rings. The lowest BCUT2D eigenvalue weighted by atomic mass is 10.3. The molecule has 1 heterocycles. The normalized spacial score (nSPS) is 13.3. The zero-order valence-corrected chi connectivity index (χ0v) is 7.49. The van der Waals surface area contributed by atoms with E-state index >= 15 is 0 Å². The molecule has 0 aliphatic rings. The van der Waals surface area contributed by atoms with Crippen molar-refractivity contribution in [2.45, 2.75) is 19.9 Å². The highest BCUT2D eigenvalue weighted by Gasteiger charge is 2.04. The van der Waals surface area contributed by atoms with Crippen LogP contribution in [-0.2, 0) is 0 Å². The Morgan fingerprint density at radius 3 is 3.00 bits per heavy atom. The van der Waals surface area contributed by atoms with Gasteiger partial charge in [-0.1, -0.05) is 18.3 Å². The summed E-state index contributed by atoms with van der Waals surface area (Å²) in [5.74, 6) is 0. The van der Waals surface area contributed by atoms with Gasteiger partial charge in [0.05, 0.1) is 0 Å². The summed E-state index contributed by atoms with van der Waals surface area (Å²) in [5.41, 5.74) is 0.974. The summed E-state index contributed by atoms with van der Waals surface area (Å²) in [4.78, 5) is 13.5. The predicted octanol–water partition coefficient (Wildman–Crippen LogP) is 1.11. The fourth-order valence-electron chi connectivity index (χ4n) is 0.920. The summed E-state index contributed by atoms with van der Waals surface area (Å²) < 4.78 is 0. The van der Waals surface area contributed by atoms with Crippen molar-refractivity contribution in [1.82, 2.24) is 10.3 Å². The third-order valence-corrected chi connectivity index (χ3v) is 2.20. The molecule has 0 radical (unpaired) electrons. The number of rotatable bonds is 3. The van der Waals surface area contributed by atoms with E-state index in [1.54, 1.807) is 0 Å². The topological polar surface area (TPSA) is 44.9 Å². The molecule has 0 saturated heterocycles. The molecule has 0 fully saturated rings. The molecule has 1 aromatic heterocycles. The third kappa shape index (κ3) is 2.17. The van der Waals surface area contributed by atoms with Gasteiger partial charge in [0.25, 0.3) is 0 Å². The van der Waals surface area contributed by atoms with Gasteiger partial charge in [-0.25, -0.2) is 0 Å². The largest absolute Gasteiger partial charge is 0.315 e. The van der Waals surface area contributed by atoms with Crippen LogP contribution in [0.15, 0.2) is 10.2 Å². The number of thiazole rings is 1. The highest BCUT2D eigenvalue weighted by atomic mass is 32.1. The van der Waals surface area contributed by atoms with E-state index in [0.717, 1.165) is 12.2 Å². The van der Waals surface area contributed by atoms with E-state index in [1.165, 1.54) is 11.3 Å². The zero-order valence-electron chi connectivity index (χ0n) is 6.68. The van der Waals surface area contributed by atoms with Crippen LogP contribution in [-0.4, -0.2) is 11.5 Å². The number of aromatic amines is 1. The van der Waals surface area contributed by atoms with Gasteiger partial charge in [0.15, 0.2) is 0 Å². The van der Waals surface area contributed by atoms with E-state index in [4.69, 9.17) is 0 Å². The molecule has 0 aliphatic heterocycles. The molecule has 0 aromatic carbocycles. The molecule has 2 N–H and O–H groups in total. The van der Waals surface area contributed by atoms with Crippen LogP contribution in [0.4, 0.5) is 0 Å². The van der Waals surface area contributed by atoms with Crippen molar-refractivity contribution in [2.24, 2.45) is 0 Å². The Morgan fingerprint density at radius 1 is 1.82 bits per heavy atom. The van der Waals surface area contributed by atoms with E-state index in [1.807, 2.05) is 19.2 Å². The van der Waals surface area contributed by atoms with Crippen LogP contribution in [0.3, 0.4) is 0 Å². The van der Waals surface area contributed by atoms with Gasteiger partial charge in [-0.3, -0.25) is 4.79 Å². The molecular weight excluding hydrogens is 160 g/mol. The first-order valence-corrected chi connectivity index (χ1v) is 4.53. The van der Waals surface area contributed by atoms with Gasteiger partial charge in [-0.2, -0.15) is 0 Å². The zero-order chi connectivity index (χ0) is 8.27. The highest BCUT2D eigenvalue weighted by Crippen LogP contribution is 2.07. The number of hydrogen-bond donors (Lipinski definition) is 2. The molecule has 1 unspecified atom stereocenters. The molecule has 1 rings (SSSR count). The molecule has 4 heteroatoms. The van der Waals surface area contributed by atoms with Gasteiger partial charge in [-0.05, 0) is 13.5 Å². The van der Waals surface area contributed by atoms with Crippen molar-refractivity contribution < 1.29 is 0 Å². The number of aromatic nitrogens is 1. The summed E-state index contributed by atoms with van der Waals surface area (Å²) in [6.07, 6.45) is 0. The lowest BCUT2D eigenvalue weighted by Crippen LogP contribution is -2.18. The minimum atomic E-state index is 0.0183. The van der Waals surface area contributed by atoms with E-state index in [-0.39, 0.29) is 10.9 Å². The maximum Gasteiger partial charge on any atom is 0.304 e. The minimum Gasteiger partial charge on any atom is -0.315 e. The summed E-state index contributed by atoms with van der Waals surface area (Å²) in [6, 6.07) is 0.249. The quantitative estimate of drug-likeness (QED) is 0.717. The average Bonchev–Trinajstić information content (AvgIpc) is 2.36. The second kappa shape index (κ2) is 3.69. The summed E-state index contributed by atoms with van der Waals surface area (Å²) in [7, 11) is 0. The Bertz CT molecular complexity index is 265. The lowest BCUT2D eigenvalue weighted by Gasteiger charge is -2.08. The van der Waals surface area contributed by atoms with Crippen LogP contribution in [0.2, 0.25) is 0 Å². The first-order chi connectivity index (χ1) is 5.24. The van der Waals surface area contributed by atoms with Crippen molar-refractivity contribution in [3.8, 4) is 0 Å². The maximum absolute atomic E-state index is 10.7. The third-order valence-electron chi connectivity index (χ3n) is 1.52. The van der Waals surface area contributed by atoms with Crippen LogP contribution in [0.1, 0.15) is 25.6 Å². The summed E-state index contributed by atoms with van der Waals surface area (Å²) in [5, 5.41) is 5.07. The number of hydrogen-bond acceptors (Lipinski definition) is 3. The predicted molar refractivity (Wildman–Crippen MR) is 47.0 cm³/mol. The molecule has 0 saturated carbocycles. The van der Waals surface area contributed by atoms with Gasteiger partial charge in [0, 0.05) is 17.1 Å². The smallest absolute Gasteiger partial charge is 0.304 e. The Morgan fingerprint density at radius 2 is 2.55 bits per heavy atom. The molecule has 0 amide bonds. The van der Waals surface area contributed by atoms with Gasteiger partial charge in [-0.15, -0.1) is 0 Å². The molecule has 11 heavy (non-hydrogen) atoms. The second-order valence-electron chi connectivity index (χ2n) is 2.38. The standard InChI is InChI=1S/C7H12N2OS/c1-3-8-5(2)6-4-11-7(10)9-6/h4-5,8H,3H2,1-2H3,(H,9,10). The Kier molecular flexibility index (Phi) is 2.84. The summed E-state index contributed by atoms with van der Waals surface area (Å²) in [6.45, 7) is 4.99. The van der Waals surface area contributed by atoms with E-state index in [9.17, 15) is 4.79 Å². The van der Waals surface area contributed by atoms with Crippen LogP contribution in [0, 0.1) is 0 Å². The fraction of sp³-hybridized carbons (Fsp3) is 0.571. The molecule has 0 aliphatic carbocycles. The van der Waals surface area contributed by atoms with Crippen molar-refractivity contribution >= 4 is 11.3 Å². The van der Waals surface area contributed by atoms with Gasteiger partial charge in [0.2, 0.25) is 0 Å². The fourth-order valence-corrected chi connectivity index (χ4v) is 1.59. The molecular formula is C7H12N2OS. The Balaban J connectivity index is 2.68. The number of nitrogens with one attached hydrogen (secondary N) is 2. The highest BCUT2D eigenvalue weighted by molar-refractivity contribution is 7.07. The Hall–Kier alpha value is -0.610. The summed E-state index contributed by atoms with van der Waals surface area (Å²) >= 11 is 1.21. The minimum absolute atomic E-state index is 0.0183. The molecule has 1 atom stereocenters. The van der Waals surface area contributed by atoms with Crippen LogP contribution < -0.4 is 10.2 Å². The Labute approximate surface area is 69.5 Å². The van der Waals surface area contributed by atoms with Gasteiger partial charge in [0.1, 0.15) is 0 Å². The van der Waals surface area contributed by atoms with Gasteiger partial charge < -0.3 is 10.3 Å². The first-order valence-electron chi connectivity index (χ1n) is 3.65. The molecule has 0 bridgehead atoms. The van der Waals surface area contributed by atoms with Gasteiger partial charge >= 0.3 is 4.87 Å². The lowest BCUT2D eigenvalue weighted by molar-refractivity contribution is 0.585. The number of H-pyrrole nitrogens is 1. The monoisotopic (exact) mass is 172 g/mol. The van der Waals surface area contributed by atoms with E-state index in [2.05, 4.69) is 10.3 Å². The van der Waals surface area contributed by atoms with Crippen LogP contribution in [0.25, 0.3) is 0 Å². The van der Waals surface area contributed by atoms with Crippen LogP contribution >= 0.6 is 11.3 Å². The van der Waals surface area contributed by atoms with Crippen molar-refractivity contribution in [2.75, 3.05) is 6.54 Å². The van der Waals surface area contributed by atoms with Crippen molar-refractivity contribution in [1.29, 1.82) is 0 Å². The van der Waals surface area contributed by atoms with Crippen LogP contribution in [0.5, 0.6) is 0 Å².